The first-order chi connectivity index (χ1) is 14.0. The summed E-state index contributed by atoms with van der Waals surface area (Å²) in [5.74, 6) is -0.0725. The third kappa shape index (κ3) is 4.32. The van der Waals surface area contributed by atoms with Crippen LogP contribution in [0.25, 0.3) is 10.9 Å². The summed E-state index contributed by atoms with van der Waals surface area (Å²) in [7, 11) is 3.35. The summed E-state index contributed by atoms with van der Waals surface area (Å²) in [6.45, 7) is 1.15. The smallest absolute Gasteiger partial charge is 0.264 e. The Morgan fingerprint density at radius 2 is 1.97 bits per heavy atom. The van der Waals surface area contributed by atoms with E-state index >= 15 is 0 Å². The van der Waals surface area contributed by atoms with Crippen molar-refractivity contribution < 1.29 is 9.84 Å². The molecule has 0 aliphatic carbocycles. The molecule has 29 heavy (non-hydrogen) atoms. The second kappa shape index (κ2) is 9.43. The topological polar surface area (TPSA) is 54.7 Å². The predicted molar refractivity (Wildman–Crippen MR) is 125 cm³/mol. The van der Waals surface area contributed by atoms with Crippen molar-refractivity contribution in [2.45, 2.75) is 11.3 Å². The Kier molecular flexibility index (Phi) is 6.95. The van der Waals surface area contributed by atoms with E-state index in [1.807, 2.05) is 59.7 Å². The van der Waals surface area contributed by atoms with Crippen LogP contribution < -0.4 is 10.5 Å². The van der Waals surface area contributed by atoms with Crippen molar-refractivity contribution in [1.82, 2.24) is 4.57 Å². The van der Waals surface area contributed by atoms with E-state index in [2.05, 4.69) is 0 Å². The Morgan fingerprint density at radius 1 is 1.24 bits per heavy atom. The summed E-state index contributed by atoms with van der Waals surface area (Å²) in [5, 5.41) is 11.7. The molecule has 0 radical (unpaired) electrons. The molecule has 3 rings (SSSR count). The maximum atomic E-state index is 13.1. The highest BCUT2D eigenvalue weighted by molar-refractivity contribution is 7.98. The number of hydrogen-bond acceptors (Lipinski definition) is 5. The van der Waals surface area contributed by atoms with Gasteiger partial charge in [-0.05, 0) is 43.0 Å². The van der Waals surface area contributed by atoms with Gasteiger partial charge in [0, 0.05) is 43.3 Å². The van der Waals surface area contributed by atoms with Crippen molar-refractivity contribution in [2.75, 3.05) is 31.4 Å². The number of ether oxygens (including phenoxy) is 1. The van der Waals surface area contributed by atoms with Crippen molar-refractivity contribution in [1.29, 1.82) is 0 Å². The van der Waals surface area contributed by atoms with Crippen molar-refractivity contribution in [3.8, 4) is 5.75 Å². The van der Waals surface area contributed by atoms with Gasteiger partial charge in [-0.25, -0.2) is 0 Å². The van der Waals surface area contributed by atoms with Crippen LogP contribution in [0.2, 0.25) is 0 Å². The van der Waals surface area contributed by atoms with Crippen LogP contribution in [-0.4, -0.2) is 41.2 Å². The number of methoxy groups -OCH3 is 1. The fraction of sp³-hybridized carbons (Fsp3) is 0.273. The van der Waals surface area contributed by atoms with E-state index in [1.54, 1.807) is 30.5 Å². The van der Waals surface area contributed by atoms with Crippen LogP contribution in [-0.2, 0) is 11.8 Å². The first-order valence-electron chi connectivity index (χ1n) is 9.25. The minimum Gasteiger partial charge on any atom is -0.506 e. The molecule has 3 aromatic rings. The normalized spacial score (nSPS) is 11.0. The third-order valence-corrected chi connectivity index (χ3v) is 5.98. The van der Waals surface area contributed by atoms with Crippen LogP contribution in [0.4, 0.5) is 5.69 Å². The fourth-order valence-electron chi connectivity index (χ4n) is 3.29. The van der Waals surface area contributed by atoms with E-state index in [0.717, 1.165) is 17.0 Å². The molecule has 0 spiro atoms. The van der Waals surface area contributed by atoms with Crippen molar-refractivity contribution >= 4 is 45.6 Å². The number of hydrogen-bond donors (Lipinski definition) is 1. The average Bonchev–Trinajstić information content (AvgIpc) is 2.75. The molecule has 0 atom stereocenters. The molecule has 152 valence electrons. The predicted octanol–water partition coefficient (Wildman–Crippen LogP) is 4.18. The van der Waals surface area contributed by atoms with Gasteiger partial charge in [0.15, 0.2) is 0 Å². The molecular formula is C22H24N2O3S2. The van der Waals surface area contributed by atoms with Crippen LogP contribution >= 0.6 is 24.0 Å². The Morgan fingerprint density at radius 3 is 2.62 bits per heavy atom. The molecule has 1 N–H and O–H groups in total. The van der Waals surface area contributed by atoms with E-state index in [9.17, 15) is 9.90 Å². The molecule has 0 bridgehead atoms. The van der Waals surface area contributed by atoms with Crippen LogP contribution in [0.1, 0.15) is 12.0 Å². The summed E-state index contributed by atoms with van der Waals surface area (Å²) < 4.78 is 6.72. The maximum absolute atomic E-state index is 13.1. The number of benzene rings is 2. The van der Waals surface area contributed by atoms with Gasteiger partial charge in [-0.3, -0.25) is 4.79 Å². The molecule has 7 heteroatoms. The summed E-state index contributed by atoms with van der Waals surface area (Å²) >= 11 is 7.32. The fourth-order valence-corrected chi connectivity index (χ4v) is 4.11. The zero-order valence-corrected chi connectivity index (χ0v) is 18.3. The summed E-state index contributed by atoms with van der Waals surface area (Å²) in [6, 6.07) is 15.3. The van der Waals surface area contributed by atoms with E-state index in [0.29, 0.717) is 29.0 Å². The van der Waals surface area contributed by atoms with Crippen molar-refractivity contribution in [3.63, 3.8) is 0 Å². The van der Waals surface area contributed by atoms with Crippen LogP contribution in [0.15, 0.2) is 58.2 Å². The van der Waals surface area contributed by atoms with Gasteiger partial charge in [0.25, 0.3) is 5.56 Å². The molecule has 0 saturated heterocycles. The Labute approximate surface area is 179 Å². The standard InChI is InChI=1S/C22H24N2O3S2/c1-23-18-11-10-16(29-3)14-17(18)20(25)19(21(23)26)22(28)24(12-7-13-27-2)15-8-5-4-6-9-15/h4-6,8-11,14,25H,7,12-13H2,1-3H3. The highest BCUT2D eigenvalue weighted by Crippen LogP contribution is 2.31. The summed E-state index contributed by atoms with van der Waals surface area (Å²) in [4.78, 5) is 16.3. The van der Waals surface area contributed by atoms with Gasteiger partial charge in [0.2, 0.25) is 0 Å². The zero-order chi connectivity index (χ0) is 21.0. The number of para-hydroxylation sites is 1. The van der Waals surface area contributed by atoms with E-state index in [-0.39, 0.29) is 16.9 Å². The first kappa shape index (κ1) is 21.4. The second-order valence-corrected chi connectivity index (χ2v) is 7.88. The number of thioether (sulfide) groups is 1. The number of aryl methyl sites for hydroxylation is 1. The van der Waals surface area contributed by atoms with Gasteiger partial charge < -0.3 is 19.3 Å². The Balaban J connectivity index is 2.15. The quantitative estimate of drug-likeness (QED) is 0.346. The second-order valence-electron chi connectivity index (χ2n) is 6.61. The van der Waals surface area contributed by atoms with E-state index in [4.69, 9.17) is 17.0 Å². The minimum atomic E-state index is -0.315. The summed E-state index contributed by atoms with van der Waals surface area (Å²) in [5.41, 5.74) is 1.37. The van der Waals surface area contributed by atoms with Crippen LogP contribution in [0, 0.1) is 0 Å². The molecule has 0 unspecified atom stereocenters. The van der Waals surface area contributed by atoms with Gasteiger partial charge in [-0.2, -0.15) is 0 Å². The molecule has 1 heterocycles. The molecular weight excluding hydrogens is 404 g/mol. The number of anilines is 1. The lowest BCUT2D eigenvalue weighted by molar-refractivity contribution is 0.197. The highest BCUT2D eigenvalue weighted by Gasteiger charge is 2.23. The highest BCUT2D eigenvalue weighted by atomic mass is 32.2. The molecule has 0 amide bonds. The number of aromatic hydroxyl groups is 1. The lowest BCUT2D eigenvalue weighted by Crippen LogP contribution is -2.37. The Hall–Kier alpha value is -2.35. The van der Waals surface area contributed by atoms with Crippen molar-refractivity contribution in [3.05, 3.63) is 64.4 Å². The van der Waals surface area contributed by atoms with Crippen LogP contribution in [0.3, 0.4) is 0 Å². The van der Waals surface area contributed by atoms with Gasteiger partial charge in [-0.15, -0.1) is 11.8 Å². The van der Waals surface area contributed by atoms with E-state index in [1.165, 1.54) is 0 Å². The Bertz CT molecular complexity index is 1080. The third-order valence-electron chi connectivity index (χ3n) is 4.83. The number of nitrogens with zero attached hydrogens (tertiary/aromatic N) is 2. The number of rotatable bonds is 7. The SMILES string of the molecule is COCCCN(C(=S)c1c(O)c2cc(SC)ccc2n(C)c1=O)c1ccccc1. The number of aromatic nitrogens is 1. The molecule has 5 nitrogen and oxygen atoms in total. The molecule has 2 aromatic carbocycles. The largest absolute Gasteiger partial charge is 0.506 e. The summed E-state index contributed by atoms with van der Waals surface area (Å²) in [6.07, 6.45) is 2.70. The molecule has 0 saturated carbocycles. The molecule has 0 aliphatic heterocycles. The maximum Gasteiger partial charge on any atom is 0.264 e. The lowest BCUT2D eigenvalue weighted by Gasteiger charge is -2.26. The number of pyridine rings is 1. The lowest BCUT2D eigenvalue weighted by atomic mass is 10.1. The molecule has 0 aliphatic rings. The number of thiocarbonyl (C=S) groups is 1. The van der Waals surface area contributed by atoms with Crippen LogP contribution in [0.5, 0.6) is 5.75 Å². The average molecular weight is 429 g/mol. The minimum absolute atomic E-state index is 0.0725. The monoisotopic (exact) mass is 428 g/mol. The first-order valence-corrected chi connectivity index (χ1v) is 10.9. The molecule has 1 aromatic heterocycles. The zero-order valence-electron chi connectivity index (χ0n) is 16.7. The van der Waals surface area contributed by atoms with Gasteiger partial charge >= 0.3 is 0 Å². The van der Waals surface area contributed by atoms with Crippen molar-refractivity contribution in [2.24, 2.45) is 7.05 Å². The number of fused-ring (bicyclic) bond motifs is 1. The van der Waals surface area contributed by atoms with E-state index < -0.39 is 0 Å². The van der Waals surface area contributed by atoms with Gasteiger partial charge in [0.05, 0.1) is 5.52 Å². The molecule has 0 fully saturated rings. The van der Waals surface area contributed by atoms with Gasteiger partial charge in [0.1, 0.15) is 16.3 Å². The van der Waals surface area contributed by atoms with Gasteiger partial charge in [-0.1, -0.05) is 30.4 Å².